The maximum absolute atomic E-state index is 12.4. The van der Waals surface area contributed by atoms with Crippen LogP contribution in [0.4, 0.5) is 10.5 Å². The van der Waals surface area contributed by atoms with E-state index in [1.807, 2.05) is 11.4 Å². The zero-order valence-electron chi connectivity index (χ0n) is 10.5. The van der Waals surface area contributed by atoms with E-state index in [4.69, 9.17) is 11.6 Å². The average Bonchev–Trinajstić information content (AvgIpc) is 2.94. The second-order valence-corrected chi connectivity index (χ2v) is 6.57. The SMILES string of the molecule is O=C1NC(=Cc2cc(Br)cs2)C(=O)N1c1cccc(Cl)c1. The molecule has 0 bridgehead atoms. The van der Waals surface area contributed by atoms with Gasteiger partial charge >= 0.3 is 6.03 Å². The molecule has 3 amide bonds. The number of rotatable bonds is 2. The van der Waals surface area contributed by atoms with Crippen molar-refractivity contribution in [2.24, 2.45) is 0 Å². The zero-order chi connectivity index (χ0) is 15.0. The first-order valence-electron chi connectivity index (χ1n) is 5.91. The van der Waals surface area contributed by atoms with Crippen LogP contribution in [0.3, 0.4) is 0 Å². The lowest BCUT2D eigenvalue weighted by molar-refractivity contribution is -0.113. The van der Waals surface area contributed by atoms with Gasteiger partial charge in [0.05, 0.1) is 5.69 Å². The van der Waals surface area contributed by atoms with Crippen LogP contribution in [0, 0.1) is 0 Å². The molecule has 0 unspecified atom stereocenters. The van der Waals surface area contributed by atoms with Crippen molar-refractivity contribution in [3.63, 3.8) is 0 Å². The van der Waals surface area contributed by atoms with Gasteiger partial charge in [0.25, 0.3) is 5.91 Å². The molecule has 3 rings (SSSR count). The molecule has 2 aromatic rings. The molecule has 1 aromatic heterocycles. The standard InChI is InChI=1S/C14H8BrClN2O2S/c15-8-4-11(21-7-8)6-12-13(19)18(14(20)17-12)10-3-1-2-9(16)5-10/h1-7H,(H,17,20). The van der Waals surface area contributed by atoms with Gasteiger partial charge in [-0.3, -0.25) is 4.79 Å². The Labute approximate surface area is 138 Å². The molecule has 0 atom stereocenters. The molecule has 0 spiro atoms. The number of urea groups is 1. The summed E-state index contributed by atoms with van der Waals surface area (Å²) in [6, 6.07) is 8.00. The Balaban J connectivity index is 1.94. The molecule has 1 aliphatic rings. The fourth-order valence-electron chi connectivity index (χ4n) is 1.93. The van der Waals surface area contributed by atoms with E-state index < -0.39 is 11.9 Å². The predicted molar refractivity (Wildman–Crippen MR) is 87.5 cm³/mol. The Morgan fingerprint density at radius 2 is 2.10 bits per heavy atom. The van der Waals surface area contributed by atoms with Gasteiger partial charge in [-0.05, 0) is 46.3 Å². The van der Waals surface area contributed by atoms with Gasteiger partial charge in [0.2, 0.25) is 0 Å². The van der Waals surface area contributed by atoms with Crippen LogP contribution >= 0.6 is 38.9 Å². The number of hydrogen-bond acceptors (Lipinski definition) is 3. The smallest absolute Gasteiger partial charge is 0.302 e. The Morgan fingerprint density at radius 1 is 1.29 bits per heavy atom. The normalized spacial score (nSPS) is 16.7. The number of carbonyl (C=O) groups excluding carboxylic acids is 2. The maximum atomic E-state index is 12.4. The number of anilines is 1. The lowest BCUT2D eigenvalue weighted by Crippen LogP contribution is -2.30. The molecule has 4 nitrogen and oxygen atoms in total. The van der Waals surface area contributed by atoms with Crippen LogP contribution in [0.1, 0.15) is 4.88 Å². The highest BCUT2D eigenvalue weighted by Gasteiger charge is 2.34. The first kappa shape index (κ1) is 14.3. The highest BCUT2D eigenvalue weighted by Crippen LogP contribution is 2.27. The van der Waals surface area contributed by atoms with Crippen molar-refractivity contribution in [2.45, 2.75) is 0 Å². The van der Waals surface area contributed by atoms with Gasteiger partial charge in [-0.15, -0.1) is 11.3 Å². The van der Waals surface area contributed by atoms with Crippen molar-refractivity contribution in [1.29, 1.82) is 0 Å². The fraction of sp³-hybridized carbons (Fsp3) is 0. The van der Waals surface area contributed by atoms with E-state index in [0.29, 0.717) is 10.7 Å². The molecule has 1 N–H and O–H groups in total. The highest BCUT2D eigenvalue weighted by molar-refractivity contribution is 9.10. The third-order valence-corrected chi connectivity index (χ3v) is 4.69. The predicted octanol–water partition coefficient (Wildman–Crippen LogP) is 4.26. The number of halogens is 2. The molecule has 0 aliphatic carbocycles. The lowest BCUT2D eigenvalue weighted by atomic mass is 10.3. The number of imide groups is 1. The first-order valence-corrected chi connectivity index (χ1v) is 7.96. The van der Waals surface area contributed by atoms with E-state index in [9.17, 15) is 9.59 Å². The summed E-state index contributed by atoms with van der Waals surface area (Å²) >= 11 is 10.7. The summed E-state index contributed by atoms with van der Waals surface area (Å²) in [5.41, 5.74) is 0.690. The van der Waals surface area contributed by atoms with E-state index in [0.717, 1.165) is 14.2 Å². The van der Waals surface area contributed by atoms with Gasteiger partial charge in [0.15, 0.2) is 0 Å². The molecule has 21 heavy (non-hydrogen) atoms. The summed E-state index contributed by atoms with van der Waals surface area (Å²) in [6.07, 6.45) is 1.65. The lowest BCUT2D eigenvalue weighted by Gasteiger charge is -2.11. The second kappa shape index (κ2) is 5.63. The van der Waals surface area contributed by atoms with E-state index >= 15 is 0 Å². The second-order valence-electron chi connectivity index (χ2n) is 4.28. The quantitative estimate of drug-likeness (QED) is 0.622. The first-order chi connectivity index (χ1) is 10.0. The van der Waals surface area contributed by atoms with Crippen molar-refractivity contribution in [3.05, 3.63) is 55.8 Å². The molecular formula is C14H8BrClN2O2S. The van der Waals surface area contributed by atoms with Crippen molar-refractivity contribution >= 4 is 62.6 Å². The van der Waals surface area contributed by atoms with Gasteiger partial charge in [-0.1, -0.05) is 17.7 Å². The minimum atomic E-state index is -0.482. The minimum Gasteiger partial charge on any atom is -0.302 e. The molecule has 106 valence electrons. The van der Waals surface area contributed by atoms with Gasteiger partial charge in [-0.2, -0.15) is 0 Å². The Morgan fingerprint density at radius 3 is 2.76 bits per heavy atom. The minimum absolute atomic E-state index is 0.245. The summed E-state index contributed by atoms with van der Waals surface area (Å²) in [6.45, 7) is 0. The van der Waals surface area contributed by atoms with Crippen molar-refractivity contribution in [2.75, 3.05) is 4.90 Å². The third-order valence-electron chi connectivity index (χ3n) is 2.82. The van der Waals surface area contributed by atoms with Crippen molar-refractivity contribution < 1.29 is 9.59 Å². The highest BCUT2D eigenvalue weighted by atomic mass is 79.9. The van der Waals surface area contributed by atoms with Gasteiger partial charge in [0, 0.05) is 19.8 Å². The third kappa shape index (κ3) is 2.88. The summed E-state index contributed by atoms with van der Waals surface area (Å²) in [7, 11) is 0. The number of nitrogens with zero attached hydrogens (tertiary/aromatic N) is 1. The van der Waals surface area contributed by atoms with Crippen LogP contribution in [0.5, 0.6) is 0 Å². The van der Waals surface area contributed by atoms with Crippen LogP contribution < -0.4 is 10.2 Å². The largest absolute Gasteiger partial charge is 0.333 e. The van der Waals surface area contributed by atoms with Crippen LogP contribution in [-0.4, -0.2) is 11.9 Å². The van der Waals surface area contributed by atoms with E-state index in [1.165, 1.54) is 11.3 Å². The summed E-state index contributed by atoms with van der Waals surface area (Å²) in [4.78, 5) is 26.3. The Hall–Kier alpha value is -1.63. The number of amides is 3. The molecule has 7 heteroatoms. The Kier molecular flexibility index (Phi) is 3.84. The molecule has 1 aromatic carbocycles. The van der Waals surface area contributed by atoms with Crippen LogP contribution in [0.2, 0.25) is 5.02 Å². The molecular weight excluding hydrogens is 376 g/mol. The van der Waals surface area contributed by atoms with Crippen molar-refractivity contribution in [3.8, 4) is 0 Å². The van der Waals surface area contributed by atoms with E-state index in [-0.39, 0.29) is 5.70 Å². The molecule has 1 aliphatic heterocycles. The Bertz CT molecular complexity index is 772. The van der Waals surface area contributed by atoms with Gasteiger partial charge in [-0.25, -0.2) is 9.69 Å². The summed E-state index contributed by atoms with van der Waals surface area (Å²) in [5, 5.41) is 4.95. The summed E-state index contributed by atoms with van der Waals surface area (Å²) in [5.74, 6) is -0.396. The topological polar surface area (TPSA) is 49.4 Å². The van der Waals surface area contributed by atoms with Crippen LogP contribution in [-0.2, 0) is 4.79 Å². The molecule has 0 radical (unpaired) electrons. The fourth-order valence-corrected chi connectivity index (χ4v) is 3.49. The molecule has 0 saturated carbocycles. The maximum Gasteiger partial charge on any atom is 0.333 e. The number of benzene rings is 1. The van der Waals surface area contributed by atoms with Gasteiger partial charge < -0.3 is 5.32 Å². The average molecular weight is 384 g/mol. The van der Waals surface area contributed by atoms with E-state index in [1.54, 1.807) is 30.3 Å². The van der Waals surface area contributed by atoms with Crippen molar-refractivity contribution in [1.82, 2.24) is 5.32 Å². The number of hydrogen-bond donors (Lipinski definition) is 1. The number of nitrogens with one attached hydrogen (secondary N) is 1. The molecule has 2 heterocycles. The van der Waals surface area contributed by atoms with Crippen LogP contribution in [0.25, 0.3) is 6.08 Å². The van der Waals surface area contributed by atoms with E-state index in [2.05, 4.69) is 21.2 Å². The number of carbonyl (C=O) groups is 2. The molecule has 1 fully saturated rings. The number of thiophene rings is 1. The van der Waals surface area contributed by atoms with Gasteiger partial charge in [0.1, 0.15) is 5.70 Å². The monoisotopic (exact) mass is 382 g/mol. The van der Waals surface area contributed by atoms with Crippen LogP contribution in [0.15, 0.2) is 45.9 Å². The molecule has 1 saturated heterocycles. The summed E-state index contributed by atoms with van der Waals surface area (Å²) < 4.78 is 0.933. The zero-order valence-corrected chi connectivity index (χ0v) is 13.6.